The van der Waals surface area contributed by atoms with Gasteiger partial charge in [-0.2, -0.15) is 0 Å². The van der Waals surface area contributed by atoms with Gasteiger partial charge in [0, 0.05) is 6.61 Å². The van der Waals surface area contributed by atoms with Crippen LogP contribution in [0.4, 0.5) is 0 Å². The van der Waals surface area contributed by atoms with Gasteiger partial charge in [0.25, 0.3) is 0 Å². The zero-order valence-electron chi connectivity index (χ0n) is 19.0. The molecule has 0 saturated heterocycles. The molecule has 1 fully saturated rings. The Hall–Kier alpha value is -0.610. The number of hydrogen-bond donors (Lipinski definition) is 0. The van der Waals surface area contributed by atoms with Gasteiger partial charge in [-0.15, -0.1) is 0 Å². The Balaban J connectivity index is 2.10. The first-order valence-electron chi connectivity index (χ1n) is 11.8. The standard InChI is InChI=1S/C24H46O4/c1-5-26-15-16-27-17-18-28-24(25)23-14-8-13-22(19-23)12-7-11-21(4)10-6-9-20(2)3/h20-23H,5-19H2,1-4H3. The molecule has 3 unspecified atom stereocenters. The van der Waals surface area contributed by atoms with Crippen molar-refractivity contribution in [2.75, 3.05) is 33.0 Å². The molecule has 166 valence electrons. The molecular weight excluding hydrogens is 352 g/mol. The van der Waals surface area contributed by atoms with Crippen LogP contribution in [0, 0.1) is 23.7 Å². The third kappa shape index (κ3) is 12.8. The largest absolute Gasteiger partial charge is 0.463 e. The molecular formula is C24H46O4. The van der Waals surface area contributed by atoms with E-state index in [9.17, 15) is 4.79 Å². The van der Waals surface area contributed by atoms with E-state index in [1.54, 1.807) is 0 Å². The van der Waals surface area contributed by atoms with Gasteiger partial charge in [-0.05, 0) is 37.5 Å². The van der Waals surface area contributed by atoms with Crippen molar-refractivity contribution in [1.82, 2.24) is 0 Å². The van der Waals surface area contributed by atoms with Gasteiger partial charge in [0.05, 0.1) is 25.7 Å². The Morgan fingerprint density at radius 2 is 1.64 bits per heavy atom. The van der Waals surface area contributed by atoms with Gasteiger partial charge in [0.1, 0.15) is 6.61 Å². The SMILES string of the molecule is CCOCCOCCOC(=O)C1CCCC(CCCC(C)CCCC(C)C)C1. The Labute approximate surface area is 174 Å². The fourth-order valence-electron chi connectivity index (χ4n) is 4.22. The summed E-state index contributed by atoms with van der Waals surface area (Å²) in [5.74, 6) is 2.46. The lowest BCUT2D eigenvalue weighted by Crippen LogP contribution is -2.26. The van der Waals surface area contributed by atoms with E-state index >= 15 is 0 Å². The molecule has 0 bridgehead atoms. The van der Waals surface area contributed by atoms with Crippen LogP contribution in [0.2, 0.25) is 0 Å². The first-order valence-corrected chi connectivity index (χ1v) is 11.8. The second-order valence-electron chi connectivity index (χ2n) is 9.07. The second-order valence-corrected chi connectivity index (χ2v) is 9.07. The first kappa shape index (κ1) is 25.4. The maximum absolute atomic E-state index is 12.3. The van der Waals surface area contributed by atoms with E-state index in [-0.39, 0.29) is 11.9 Å². The summed E-state index contributed by atoms with van der Waals surface area (Å²) >= 11 is 0. The van der Waals surface area contributed by atoms with E-state index in [1.807, 2.05) is 6.92 Å². The van der Waals surface area contributed by atoms with Crippen molar-refractivity contribution >= 4 is 5.97 Å². The third-order valence-corrected chi connectivity index (χ3v) is 5.95. The molecule has 0 amide bonds. The number of esters is 1. The molecule has 0 heterocycles. The smallest absolute Gasteiger partial charge is 0.309 e. The highest BCUT2D eigenvalue weighted by Gasteiger charge is 2.28. The van der Waals surface area contributed by atoms with E-state index in [4.69, 9.17) is 14.2 Å². The number of carbonyl (C=O) groups excluding carboxylic acids is 1. The zero-order valence-corrected chi connectivity index (χ0v) is 19.0. The molecule has 0 aromatic rings. The van der Waals surface area contributed by atoms with Crippen LogP contribution >= 0.6 is 0 Å². The minimum atomic E-state index is -0.0137. The van der Waals surface area contributed by atoms with Crippen molar-refractivity contribution in [3.05, 3.63) is 0 Å². The molecule has 0 spiro atoms. The number of rotatable bonds is 16. The average molecular weight is 399 g/mol. The second kappa shape index (κ2) is 16.2. The fraction of sp³-hybridized carbons (Fsp3) is 0.958. The molecule has 0 aromatic heterocycles. The fourth-order valence-corrected chi connectivity index (χ4v) is 4.22. The zero-order chi connectivity index (χ0) is 20.6. The molecule has 0 radical (unpaired) electrons. The highest BCUT2D eigenvalue weighted by Crippen LogP contribution is 2.33. The van der Waals surface area contributed by atoms with E-state index in [0.717, 1.165) is 24.7 Å². The van der Waals surface area contributed by atoms with E-state index < -0.39 is 0 Å². The van der Waals surface area contributed by atoms with E-state index in [2.05, 4.69) is 20.8 Å². The van der Waals surface area contributed by atoms with Crippen LogP contribution in [-0.4, -0.2) is 39.0 Å². The normalized spacial score (nSPS) is 21.0. The van der Waals surface area contributed by atoms with Crippen LogP contribution in [0.5, 0.6) is 0 Å². The lowest BCUT2D eigenvalue weighted by molar-refractivity contribution is -0.152. The number of carbonyl (C=O) groups is 1. The molecule has 0 aromatic carbocycles. The summed E-state index contributed by atoms with van der Waals surface area (Å²) in [5.41, 5.74) is 0. The van der Waals surface area contributed by atoms with Crippen molar-refractivity contribution in [1.29, 1.82) is 0 Å². The lowest BCUT2D eigenvalue weighted by Gasteiger charge is -2.28. The molecule has 28 heavy (non-hydrogen) atoms. The van der Waals surface area contributed by atoms with Crippen LogP contribution in [0.25, 0.3) is 0 Å². The van der Waals surface area contributed by atoms with E-state index in [1.165, 1.54) is 51.4 Å². The Morgan fingerprint density at radius 1 is 0.929 bits per heavy atom. The van der Waals surface area contributed by atoms with Crippen molar-refractivity contribution in [3.8, 4) is 0 Å². The molecule has 4 nitrogen and oxygen atoms in total. The van der Waals surface area contributed by atoms with Crippen LogP contribution in [0.3, 0.4) is 0 Å². The quantitative estimate of drug-likeness (QED) is 0.235. The van der Waals surface area contributed by atoms with Crippen LogP contribution in [0.15, 0.2) is 0 Å². The highest BCUT2D eigenvalue weighted by atomic mass is 16.6. The average Bonchev–Trinajstić information content (AvgIpc) is 2.67. The van der Waals surface area contributed by atoms with Gasteiger partial charge in [-0.25, -0.2) is 0 Å². The monoisotopic (exact) mass is 398 g/mol. The number of ether oxygens (including phenoxy) is 3. The van der Waals surface area contributed by atoms with Gasteiger partial charge >= 0.3 is 5.97 Å². The Kier molecular flexibility index (Phi) is 14.7. The molecule has 3 atom stereocenters. The highest BCUT2D eigenvalue weighted by molar-refractivity contribution is 5.72. The molecule has 1 aliphatic carbocycles. The van der Waals surface area contributed by atoms with Crippen molar-refractivity contribution in [2.24, 2.45) is 23.7 Å². The predicted molar refractivity (Wildman–Crippen MR) is 115 cm³/mol. The van der Waals surface area contributed by atoms with Crippen LogP contribution < -0.4 is 0 Å². The third-order valence-electron chi connectivity index (χ3n) is 5.95. The molecule has 4 heteroatoms. The molecule has 0 N–H and O–H groups in total. The summed E-state index contributed by atoms with van der Waals surface area (Å²) in [6.45, 7) is 11.7. The number of hydrogen-bond acceptors (Lipinski definition) is 4. The minimum Gasteiger partial charge on any atom is -0.463 e. The maximum atomic E-state index is 12.3. The van der Waals surface area contributed by atoms with Gasteiger partial charge < -0.3 is 14.2 Å². The maximum Gasteiger partial charge on any atom is 0.309 e. The predicted octanol–water partition coefficient (Wildman–Crippen LogP) is 6.02. The van der Waals surface area contributed by atoms with Gasteiger partial charge in [0.15, 0.2) is 0 Å². The minimum absolute atomic E-state index is 0.0137. The van der Waals surface area contributed by atoms with Crippen LogP contribution in [-0.2, 0) is 19.0 Å². The molecule has 1 aliphatic rings. The summed E-state index contributed by atoms with van der Waals surface area (Å²) < 4.78 is 16.1. The van der Waals surface area contributed by atoms with Crippen molar-refractivity contribution < 1.29 is 19.0 Å². The molecule has 1 rings (SSSR count). The van der Waals surface area contributed by atoms with Gasteiger partial charge in [-0.1, -0.05) is 72.1 Å². The summed E-state index contributed by atoms with van der Waals surface area (Å²) in [4.78, 5) is 12.3. The van der Waals surface area contributed by atoms with Crippen molar-refractivity contribution in [3.63, 3.8) is 0 Å². The van der Waals surface area contributed by atoms with Crippen molar-refractivity contribution in [2.45, 2.75) is 91.9 Å². The molecule has 0 aliphatic heterocycles. The summed E-state index contributed by atoms with van der Waals surface area (Å²) in [6.07, 6.45) is 12.5. The van der Waals surface area contributed by atoms with Crippen LogP contribution in [0.1, 0.15) is 91.9 Å². The Morgan fingerprint density at radius 3 is 2.39 bits per heavy atom. The topological polar surface area (TPSA) is 44.8 Å². The van der Waals surface area contributed by atoms with E-state index in [0.29, 0.717) is 39.0 Å². The first-order chi connectivity index (χ1) is 13.5. The molecule has 1 saturated carbocycles. The Bertz CT molecular complexity index is 383. The van der Waals surface area contributed by atoms with Gasteiger partial charge in [-0.3, -0.25) is 4.79 Å². The lowest BCUT2D eigenvalue weighted by atomic mass is 9.78. The summed E-state index contributed by atoms with van der Waals surface area (Å²) in [5, 5.41) is 0. The van der Waals surface area contributed by atoms with Gasteiger partial charge in [0.2, 0.25) is 0 Å². The summed E-state index contributed by atoms with van der Waals surface area (Å²) in [6, 6.07) is 0. The summed E-state index contributed by atoms with van der Waals surface area (Å²) in [7, 11) is 0.